The van der Waals surface area contributed by atoms with E-state index in [-0.39, 0.29) is 29.4 Å². The van der Waals surface area contributed by atoms with Gasteiger partial charge in [-0.05, 0) is 43.9 Å². The molecule has 3 rings (SSSR count). The van der Waals surface area contributed by atoms with Crippen molar-refractivity contribution in [1.29, 1.82) is 0 Å². The van der Waals surface area contributed by atoms with Crippen molar-refractivity contribution in [3.63, 3.8) is 0 Å². The largest absolute Gasteiger partial charge is 0.351 e. The molecule has 0 aromatic heterocycles. The molecule has 0 spiro atoms. The third-order valence-electron chi connectivity index (χ3n) is 5.75. The van der Waals surface area contributed by atoms with E-state index in [4.69, 9.17) is 11.6 Å². The highest BCUT2D eigenvalue weighted by molar-refractivity contribution is 6.31. The third-order valence-corrected chi connectivity index (χ3v) is 6.10. The molecule has 1 saturated heterocycles. The number of halogens is 2. The highest BCUT2D eigenvalue weighted by Gasteiger charge is 2.47. The Labute approximate surface area is 159 Å². The van der Waals surface area contributed by atoms with Gasteiger partial charge in [-0.1, -0.05) is 43.4 Å². The topological polar surface area (TPSA) is 49.4 Å². The van der Waals surface area contributed by atoms with Crippen LogP contribution in [-0.2, 0) is 16.1 Å². The SMILES string of the molecule is C[C@]1(C(=O)NC2CCCCCC2)CCC(=O)N1Cc1ccc(F)cc1Cl. The molecule has 1 aliphatic carbocycles. The van der Waals surface area contributed by atoms with Crippen LogP contribution in [0.5, 0.6) is 0 Å². The molecule has 1 aliphatic heterocycles. The monoisotopic (exact) mass is 380 g/mol. The summed E-state index contributed by atoms with van der Waals surface area (Å²) in [6.07, 6.45) is 7.54. The fourth-order valence-corrected chi connectivity index (χ4v) is 4.21. The van der Waals surface area contributed by atoms with Crippen molar-refractivity contribution in [3.05, 3.63) is 34.6 Å². The van der Waals surface area contributed by atoms with Gasteiger partial charge in [-0.3, -0.25) is 9.59 Å². The predicted octanol–water partition coefficient (Wildman–Crippen LogP) is 4.20. The normalized spacial score (nSPS) is 24.6. The summed E-state index contributed by atoms with van der Waals surface area (Å²) in [5.41, 5.74) is -0.238. The van der Waals surface area contributed by atoms with E-state index in [2.05, 4.69) is 5.32 Å². The van der Waals surface area contributed by atoms with Crippen molar-refractivity contribution < 1.29 is 14.0 Å². The molecule has 0 unspecified atom stereocenters. The maximum Gasteiger partial charge on any atom is 0.245 e. The van der Waals surface area contributed by atoms with Crippen LogP contribution < -0.4 is 5.32 Å². The zero-order valence-electron chi connectivity index (χ0n) is 15.2. The van der Waals surface area contributed by atoms with Gasteiger partial charge in [-0.25, -0.2) is 4.39 Å². The van der Waals surface area contributed by atoms with Gasteiger partial charge in [0.25, 0.3) is 0 Å². The number of nitrogens with one attached hydrogen (secondary N) is 1. The molecule has 2 amide bonds. The Balaban J connectivity index is 1.75. The van der Waals surface area contributed by atoms with E-state index >= 15 is 0 Å². The maximum atomic E-state index is 13.3. The average molecular weight is 381 g/mol. The van der Waals surface area contributed by atoms with Crippen molar-refractivity contribution >= 4 is 23.4 Å². The summed E-state index contributed by atoms with van der Waals surface area (Å²) in [4.78, 5) is 27.1. The van der Waals surface area contributed by atoms with E-state index in [9.17, 15) is 14.0 Å². The minimum Gasteiger partial charge on any atom is -0.351 e. The molecule has 26 heavy (non-hydrogen) atoms. The van der Waals surface area contributed by atoms with Crippen LogP contribution in [0.15, 0.2) is 18.2 Å². The molecule has 2 aliphatic rings. The van der Waals surface area contributed by atoms with Crippen molar-refractivity contribution in [2.45, 2.75) is 76.4 Å². The van der Waals surface area contributed by atoms with E-state index in [1.165, 1.54) is 25.0 Å². The second kappa shape index (κ2) is 7.95. The second-order valence-corrected chi connectivity index (χ2v) is 8.06. The number of hydrogen-bond donors (Lipinski definition) is 1. The highest BCUT2D eigenvalue weighted by atomic mass is 35.5. The van der Waals surface area contributed by atoms with Crippen LogP contribution in [0.1, 0.15) is 63.9 Å². The number of carbonyl (C=O) groups excluding carboxylic acids is 2. The molecule has 6 heteroatoms. The van der Waals surface area contributed by atoms with Crippen molar-refractivity contribution in [2.24, 2.45) is 0 Å². The lowest BCUT2D eigenvalue weighted by molar-refractivity contribution is -0.141. The van der Waals surface area contributed by atoms with Gasteiger partial charge < -0.3 is 10.2 Å². The second-order valence-electron chi connectivity index (χ2n) is 7.65. The molecule has 1 aromatic carbocycles. The Hall–Kier alpha value is -1.62. The number of rotatable bonds is 4. The van der Waals surface area contributed by atoms with Crippen LogP contribution in [-0.4, -0.2) is 28.3 Å². The summed E-state index contributed by atoms with van der Waals surface area (Å²) >= 11 is 6.12. The van der Waals surface area contributed by atoms with Gasteiger partial charge in [0.05, 0.1) is 0 Å². The number of amides is 2. The van der Waals surface area contributed by atoms with Crippen LogP contribution in [0.25, 0.3) is 0 Å². The summed E-state index contributed by atoms with van der Waals surface area (Å²) in [5, 5.41) is 3.45. The number of nitrogens with zero attached hydrogens (tertiary/aromatic N) is 1. The molecule has 1 saturated carbocycles. The first-order chi connectivity index (χ1) is 12.4. The Bertz CT molecular complexity index is 688. The van der Waals surface area contributed by atoms with Gasteiger partial charge in [-0.2, -0.15) is 0 Å². The van der Waals surface area contributed by atoms with Gasteiger partial charge in [-0.15, -0.1) is 0 Å². The summed E-state index contributed by atoms with van der Waals surface area (Å²) < 4.78 is 13.3. The minimum atomic E-state index is -0.888. The highest BCUT2D eigenvalue weighted by Crippen LogP contribution is 2.34. The quantitative estimate of drug-likeness (QED) is 0.796. The lowest BCUT2D eigenvalue weighted by atomic mass is 9.95. The molecule has 1 atom stereocenters. The number of carbonyl (C=O) groups is 2. The Morgan fingerprint density at radius 2 is 2.00 bits per heavy atom. The summed E-state index contributed by atoms with van der Waals surface area (Å²) in [6, 6.07) is 4.33. The Morgan fingerprint density at radius 3 is 2.65 bits per heavy atom. The van der Waals surface area contributed by atoms with E-state index in [0.29, 0.717) is 18.4 Å². The number of hydrogen-bond acceptors (Lipinski definition) is 2. The average Bonchev–Trinajstić information content (AvgIpc) is 2.78. The number of likely N-dealkylation sites (tertiary alicyclic amines) is 1. The van der Waals surface area contributed by atoms with Gasteiger partial charge in [0.15, 0.2) is 0 Å². The molecule has 1 heterocycles. The minimum absolute atomic E-state index is 0.0658. The standard InChI is InChI=1S/C20H26ClFN2O2/c1-20(19(26)23-16-6-4-2-3-5-7-16)11-10-18(25)24(20)13-14-8-9-15(22)12-17(14)21/h8-9,12,16H,2-7,10-11,13H2,1H3,(H,23,26)/t20-/m1/s1. The number of benzene rings is 1. The lowest BCUT2D eigenvalue weighted by Gasteiger charge is -2.35. The zero-order valence-corrected chi connectivity index (χ0v) is 15.9. The van der Waals surface area contributed by atoms with Gasteiger partial charge >= 0.3 is 0 Å². The molecular formula is C20H26ClFN2O2. The molecule has 142 valence electrons. The molecule has 0 radical (unpaired) electrons. The first-order valence-corrected chi connectivity index (χ1v) is 9.83. The van der Waals surface area contributed by atoms with Crippen molar-refractivity contribution in [1.82, 2.24) is 10.2 Å². The van der Waals surface area contributed by atoms with Gasteiger partial charge in [0.2, 0.25) is 11.8 Å². The van der Waals surface area contributed by atoms with Gasteiger partial charge in [0, 0.05) is 24.0 Å². The molecular weight excluding hydrogens is 355 g/mol. The predicted molar refractivity (Wildman–Crippen MR) is 99.2 cm³/mol. The van der Waals surface area contributed by atoms with E-state index in [1.807, 2.05) is 6.92 Å². The maximum absolute atomic E-state index is 13.3. The van der Waals surface area contributed by atoms with E-state index in [0.717, 1.165) is 25.7 Å². The van der Waals surface area contributed by atoms with E-state index in [1.54, 1.807) is 11.0 Å². The van der Waals surface area contributed by atoms with Crippen molar-refractivity contribution in [3.8, 4) is 0 Å². The Kier molecular flexibility index (Phi) is 5.86. The zero-order chi connectivity index (χ0) is 18.7. The molecule has 0 bridgehead atoms. The lowest BCUT2D eigenvalue weighted by Crippen LogP contribution is -2.56. The summed E-state index contributed by atoms with van der Waals surface area (Å²) in [5.74, 6) is -0.572. The first kappa shape index (κ1) is 19.2. The third kappa shape index (κ3) is 4.03. The molecule has 4 nitrogen and oxygen atoms in total. The molecule has 1 aromatic rings. The smallest absolute Gasteiger partial charge is 0.245 e. The summed E-state index contributed by atoms with van der Waals surface area (Å²) in [6.45, 7) is 2.04. The van der Waals surface area contributed by atoms with Crippen LogP contribution >= 0.6 is 11.6 Å². The van der Waals surface area contributed by atoms with Crippen LogP contribution in [0.3, 0.4) is 0 Å². The van der Waals surface area contributed by atoms with Crippen LogP contribution in [0.4, 0.5) is 4.39 Å². The molecule has 2 fully saturated rings. The van der Waals surface area contributed by atoms with Crippen LogP contribution in [0.2, 0.25) is 5.02 Å². The fourth-order valence-electron chi connectivity index (χ4n) is 3.98. The fraction of sp³-hybridized carbons (Fsp3) is 0.600. The Morgan fingerprint density at radius 1 is 1.31 bits per heavy atom. The van der Waals surface area contributed by atoms with Gasteiger partial charge in [0.1, 0.15) is 11.4 Å². The first-order valence-electron chi connectivity index (χ1n) is 9.45. The van der Waals surface area contributed by atoms with E-state index < -0.39 is 11.4 Å². The molecule has 1 N–H and O–H groups in total. The van der Waals surface area contributed by atoms with Crippen molar-refractivity contribution in [2.75, 3.05) is 0 Å². The summed E-state index contributed by atoms with van der Waals surface area (Å²) in [7, 11) is 0. The van der Waals surface area contributed by atoms with Crippen LogP contribution in [0, 0.1) is 5.82 Å².